The molecule has 1 aliphatic rings. The highest BCUT2D eigenvalue weighted by Crippen LogP contribution is 2.24. The van der Waals surface area contributed by atoms with Crippen LogP contribution in [0.5, 0.6) is 0 Å². The molecule has 1 atom stereocenters. The summed E-state index contributed by atoms with van der Waals surface area (Å²) < 4.78 is 0. The minimum atomic E-state index is -0.476. The van der Waals surface area contributed by atoms with Crippen molar-refractivity contribution in [1.29, 1.82) is 0 Å². The monoisotopic (exact) mass is 228 g/mol. The van der Waals surface area contributed by atoms with Gasteiger partial charge in [0.15, 0.2) is 0 Å². The predicted molar refractivity (Wildman–Crippen MR) is 63.9 cm³/mol. The molecular weight excluding hydrogens is 204 g/mol. The van der Waals surface area contributed by atoms with Crippen LogP contribution in [0.25, 0.3) is 0 Å². The lowest BCUT2D eigenvalue weighted by molar-refractivity contribution is -0.128. The summed E-state index contributed by atoms with van der Waals surface area (Å²) in [6.45, 7) is 3.83. The zero-order chi connectivity index (χ0) is 12.2. The predicted octanol–water partition coefficient (Wildman–Crippen LogP) is 0.781. The molecule has 4 N–H and O–H groups in total. The number of carbonyl (C=O) groups is 1. The number of nitrogens with two attached hydrogens (primary N) is 1. The molecule has 4 nitrogen and oxygen atoms in total. The fraction of sp³-hybridized carbons (Fsp3) is 0.917. The van der Waals surface area contributed by atoms with Gasteiger partial charge in [-0.25, -0.2) is 0 Å². The van der Waals surface area contributed by atoms with Crippen LogP contribution in [0.3, 0.4) is 0 Å². The standard InChI is InChI=1S/C12H24N2O2/c1-3-12(2,8-15)14-11(16)9-4-6-10(13)7-5-9/h9-10,15H,3-8,13H2,1-2H3,(H,14,16). The van der Waals surface area contributed by atoms with E-state index in [0.717, 1.165) is 32.1 Å². The van der Waals surface area contributed by atoms with Gasteiger partial charge >= 0.3 is 0 Å². The molecule has 1 unspecified atom stereocenters. The molecular formula is C12H24N2O2. The van der Waals surface area contributed by atoms with E-state index in [2.05, 4.69) is 5.32 Å². The third-order valence-electron chi connectivity index (χ3n) is 3.70. The van der Waals surface area contributed by atoms with Gasteiger partial charge in [0.05, 0.1) is 12.1 Å². The fourth-order valence-electron chi connectivity index (χ4n) is 2.02. The number of rotatable bonds is 4. The first-order valence-corrected chi connectivity index (χ1v) is 6.19. The maximum atomic E-state index is 12.0. The van der Waals surface area contributed by atoms with Crippen molar-refractivity contribution in [2.75, 3.05) is 6.61 Å². The van der Waals surface area contributed by atoms with Gasteiger partial charge in [-0.15, -0.1) is 0 Å². The molecule has 4 heteroatoms. The molecule has 94 valence electrons. The molecule has 0 radical (unpaired) electrons. The molecule has 0 aromatic rings. The average Bonchev–Trinajstić information content (AvgIpc) is 2.29. The lowest BCUT2D eigenvalue weighted by atomic mass is 9.85. The summed E-state index contributed by atoms with van der Waals surface area (Å²) in [7, 11) is 0. The van der Waals surface area contributed by atoms with Crippen LogP contribution in [-0.4, -0.2) is 29.2 Å². The van der Waals surface area contributed by atoms with Crippen LogP contribution in [0.4, 0.5) is 0 Å². The normalized spacial score (nSPS) is 29.5. The molecule has 0 aromatic carbocycles. The second kappa shape index (κ2) is 5.64. The first-order chi connectivity index (χ1) is 7.50. The maximum absolute atomic E-state index is 12.0. The molecule has 0 saturated heterocycles. The van der Waals surface area contributed by atoms with Crippen LogP contribution >= 0.6 is 0 Å². The van der Waals surface area contributed by atoms with Gasteiger partial charge in [-0.05, 0) is 39.0 Å². The summed E-state index contributed by atoms with van der Waals surface area (Å²) in [5.41, 5.74) is 5.33. The summed E-state index contributed by atoms with van der Waals surface area (Å²) in [6.07, 6.45) is 4.35. The van der Waals surface area contributed by atoms with E-state index >= 15 is 0 Å². The quantitative estimate of drug-likeness (QED) is 0.665. The van der Waals surface area contributed by atoms with Crippen molar-refractivity contribution in [3.8, 4) is 0 Å². The second-order valence-electron chi connectivity index (χ2n) is 5.17. The minimum Gasteiger partial charge on any atom is -0.394 e. The van der Waals surface area contributed by atoms with Crippen LogP contribution in [0.1, 0.15) is 46.0 Å². The summed E-state index contributed by atoms with van der Waals surface area (Å²) in [5, 5.41) is 12.2. The van der Waals surface area contributed by atoms with E-state index in [4.69, 9.17) is 5.73 Å². The SMILES string of the molecule is CCC(C)(CO)NC(=O)C1CCC(N)CC1. The summed E-state index contributed by atoms with van der Waals surface area (Å²) in [6, 6.07) is 0.263. The Kier molecular flexibility index (Phi) is 4.74. The number of aliphatic hydroxyl groups is 1. The number of aliphatic hydroxyl groups excluding tert-OH is 1. The van der Waals surface area contributed by atoms with Gasteiger partial charge in [-0.3, -0.25) is 4.79 Å². The van der Waals surface area contributed by atoms with Crippen LogP contribution in [-0.2, 0) is 4.79 Å². The molecule has 0 aliphatic heterocycles. The zero-order valence-corrected chi connectivity index (χ0v) is 10.3. The van der Waals surface area contributed by atoms with Gasteiger partial charge in [-0.1, -0.05) is 6.92 Å². The van der Waals surface area contributed by atoms with Gasteiger partial charge < -0.3 is 16.2 Å². The molecule has 0 heterocycles. The molecule has 0 aromatic heterocycles. The van der Waals surface area contributed by atoms with E-state index in [0.29, 0.717) is 0 Å². The van der Waals surface area contributed by atoms with E-state index in [1.54, 1.807) is 0 Å². The Bertz CT molecular complexity index is 231. The molecule has 1 fully saturated rings. The third-order valence-corrected chi connectivity index (χ3v) is 3.70. The number of hydrogen-bond acceptors (Lipinski definition) is 3. The molecule has 1 aliphatic carbocycles. The Morgan fingerprint density at radius 3 is 2.44 bits per heavy atom. The van der Waals surface area contributed by atoms with Crippen LogP contribution < -0.4 is 11.1 Å². The summed E-state index contributed by atoms with van der Waals surface area (Å²) >= 11 is 0. The number of amides is 1. The number of nitrogens with one attached hydrogen (secondary N) is 1. The van der Waals surface area contributed by atoms with Crippen LogP contribution in [0, 0.1) is 5.92 Å². The Balaban J connectivity index is 2.46. The van der Waals surface area contributed by atoms with Crippen molar-refractivity contribution in [3.63, 3.8) is 0 Å². The minimum absolute atomic E-state index is 0.0124. The fourth-order valence-corrected chi connectivity index (χ4v) is 2.02. The van der Waals surface area contributed by atoms with Crippen molar-refractivity contribution in [2.45, 2.75) is 57.5 Å². The van der Waals surface area contributed by atoms with Gasteiger partial charge in [0.2, 0.25) is 5.91 Å². The highest BCUT2D eigenvalue weighted by Gasteiger charge is 2.29. The molecule has 1 amide bonds. The van der Waals surface area contributed by atoms with Crippen molar-refractivity contribution >= 4 is 5.91 Å². The van der Waals surface area contributed by atoms with Gasteiger partial charge in [0.1, 0.15) is 0 Å². The molecule has 1 rings (SSSR count). The van der Waals surface area contributed by atoms with E-state index in [9.17, 15) is 9.90 Å². The molecule has 1 saturated carbocycles. The largest absolute Gasteiger partial charge is 0.394 e. The Hall–Kier alpha value is -0.610. The van der Waals surface area contributed by atoms with E-state index in [-0.39, 0.29) is 24.5 Å². The smallest absolute Gasteiger partial charge is 0.223 e. The average molecular weight is 228 g/mol. The van der Waals surface area contributed by atoms with E-state index < -0.39 is 5.54 Å². The number of carbonyl (C=O) groups excluding carboxylic acids is 1. The Labute approximate surface area is 97.6 Å². The van der Waals surface area contributed by atoms with Gasteiger partial charge in [0, 0.05) is 12.0 Å². The van der Waals surface area contributed by atoms with Crippen LogP contribution in [0.15, 0.2) is 0 Å². The molecule has 0 bridgehead atoms. The van der Waals surface area contributed by atoms with E-state index in [1.807, 2.05) is 13.8 Å². The first-order valence-electron chi connectivity index (χ1n) is 6.19. The van der Waals surface area contributed by atoms with Crippen molar-refractivity contribution in [3.05, 3.63) is 0 Å². The highest BCUT2D eigenvalue weighted by molar-refractivity contribution is 5.79. The lowest BCUT2D eigenvalue weighted by Gasteiger charge is -2.32. The maximum Gasteiger partial charge on any atom is 0.223 e. The third kappa shape index (κ3) is 3.46. The lowest BCUT2D eigenvalue weighted by Crippen LogP contribution is -2.51. The van der Waals surface area contributed by atoms with Crippen LogP contribution in [0.2, 0.25) is 0 Å². The van der Waals surface area contributed by atoms with E-state index in [1.165, 1.54) is 0 Å². The Morgan fingerprint density at radius 1 is 1.44 bits per heavy atom. The van der Waals surface area contributed by atoms with Crippen molar-refractivity contribution in [1.82, 2.24) is 5.32 Å². The van der Waals surface area contributed by atoms with Gasteiger partial charge in [-0.2, -0.15) is 0 Å². The Morgan fingerprint density at radius 2 is 2.00 bits per heavy atom. The summed E-state index contributed by atoms with van der Waals surface area (Å²) in [5.74, 6) is 0.155. The van der Waals surface area contributed by atoms with Gasteiger partial charge in [0.25, 0.3) is 0 Å². The highest BCUT2D eigenvalue weighted by atomic mass is 16.3. The van der Waals surface area contributed by atoms with Crippen molar-refractivity contribution in [2.24, 2.45) is 11.7 Å². The first kappa shape index (κ1) is 13.5. The number of hydrogen-bond donors (Lipinski definition) is 3. The summed E-state index contributed by atoms with van der Waals surface area (Å²) in [4.78, 5) is 12.0. The molecule has 0 spiro atoms. The zero-order valence-electron chi connectivity index (χ0n) is 10.3. The van der Waals surface area contributed by atoms with Crippen molar-refractivity contribution < 1.29 is 9.90 Å². The molecule has 16 heavy (non-hydrogen) atoms. The second-order valence-corrected chi connectivity index (χ2v) is 5.17. The topological polar surface area (TPSA) is 75.3 Å².